The predicted molar refractivity (Wildman–Crippen MR) is 55.9 cm³/mol. The predicted octanol–water partition coefficient (Wildman–Crippen LogP) is 3.01. The van der Waals surface area contributed by atoms with Gasteiger partial charge < -0.3 is 5.21 Å². The molecule has 1 aliphatic carbocycles. The lowest BCUT2D eigenvalue weighted by Crippen LogP contribution is -1.95. The maximum atomic E-state index is 8.62. The summed E-state index contributed by atoms with van der Waals surface area (Å²) >= 11 is 0. The maximum absolute atomic E-state index is 8.62. The van der Waals surface area contributed by atoms with E-state index in [0.29, 0.717) is 11.5 Å². The summed E-state index contributed by atoms with van der Waals surface area (Å²) < 4.78 is 0. The molecule has 0 saturated heterocycles. The zero-order chi connectivity index (χ0) is 10.7. The second kappa shape index (κ2) is 4.02. The zero-order valence-corrected chi connectivity index (χ0v) is 8.04. The molecule has 2 rings (SSSR count). The highest BCUT2D eigenvalue weighted by molar-refractivity contribution is 5.99. The fraction of sp³-hybridized carbons (Fsp3) is 0.300. The quantitative estimate of drug-likeness (QED) is 0.149. The molecular formula is C10H10N4O. The van der Waals surface area contributed by atoms with Gasteiger partial charge in [0.15, 0.2) is 5.84 Å². The minimum atomic E-state index is -0.000142. The van der Waals surface area contributed by atoms with Gasteiger partial charge in [0.05, 0.1) is 0 Å². The molecular weight excluding hydrogens is 192 g/mol. The van der Waals surface area contributed by atoms with Crippen molar-refractivity contribution in [1.29, 1.82) is 0 Å². The fourth-order valence-corrected chi connectivity index (χ4v) is 1.50. The van der Waals surface area contributed by atoms with Crippen molar-refractivity contribution in [2.75, 3.05) is 0 Å². The summed E-state index contributed by atoms with van der Waals surface area (Å²) in [4.78, 5) is 2.59. The molecule has 0 unspecified atom stereocenters. The van der Waals surface area contributed by atoms with Gasteiger partial charge in [-0.25, -0.2) is 0 Å². The Morgan fingerprint density at radius 3 is 2.47 bits per heavy atom. The van der Waals surface area contributed by atoms with Crippen LogP contribution < -0.4 is 0 Å². The van der Waals surface area contributed by atoms with E-state index in [2.05, 4.69) is 15.2 Å². The van der Waals surface area contributed by atoms with E-state index in [9.17, 15) is 0 Å². The average molecular weight is 202 g/mol. The average Bonchev–Trinajstić information content (AvgIpc) is 3.10. The van der Waals surface area contributed by atoms with Gasteiger partial charge in [0.25, 0.3) is 0 Å². The summed E-state index contributed by atoms with van der Waals surface area (Å²) in [5.74, 6) is 0.688. The third kappa shape index (κ3) is 2.08. The molecule has 1 N–H and O–H groups in total. The summed E-state index contributed by atoms with van der Waals surface area (Å²) in [6, 6.07) is 7.56. The van der Waals surface area contributed by atoms with Crippen molar-refractivity contribution >= 4 is 5.84 Å². The zero-order valence-electron chi connectivity index (χ0n) is 8.04. The first-order valence-electron chi connectivity index (χ1n) is 4.72. The lowest BCUT2D eigenvalue weighted by molar-refractivity contribution is 0.318. The summed E-state index contributed by atoms with van der Waals surface area (Å²) in [5.41, 5.74) is 10.2. The van der Waals surface area contributed by atoms with Crippen LogP contribution in [0.25, 0.3) is 10.4 Å². The highest BCUT2D eigenvalue weighted by atomic mass is 16.4. The largest absolute Gasteiger partial charge is 0.410 e. The number of hydrogen-bond donors (Lipinski definition) is 1. The molecule has 0 spiro atoms. The topological polar surface area (TPSA) is 81.4 Å². The van der Waals surface area contributed by atoms with Gasteiger partial charge in [-0.1, -0.05) is 29.4 Å². The Balaban J connectivity index is 2.25. The maximum Gasteiger partial charge on any atom is 0.173 e. The summed E-state index contributed by atoms with van der Waals surface area (Å²) in [5, 5.41) is 14.8. The van der Waals surface area contributed by atoms with Crippen molar-refractivity contribution in [3.63, 3.8) is 0 Å². The van der Waals surface area contributed by atoms with Crippen LogP contribution in [-0.2, 0) is 0 Å². The van der Waals surface area contributed by atoms with Crippen molar-refractivity contribution in [2.45, 2.75) is 18.8 Å². The Morgan fingerprint density at radius 2 is 2.00 bits per heavy atom. The molecule has 1 aromatic rings. The second-order valence-electron chi connectivity index (χ2n) is 3.51. The molecule has 0 aromatic heterocycles. The van der Waals surface area contributed by atoms with Gasteiger partial charge in [0.2, 0.25) is 0 Å². The van der Waals surface area contributed by atoms with Crippen molar-refractivity contribution in [3.8, 4) is 0 Å². The van der Waals surface area contributed by atoms with Crippen LogP contribution in [-0.4, -0.2) is 11.0 Å². The normalized spacial score (nSPS) is 15.9. The minimum Gasteiger partial charge on any atom is -0.410 e. The Bertz CT molecular complexity index is 427. The van der Waals surface area contributed by atoms with Gasteiger partial charge in [-0.05, 0) is 35.0 Å². The van der Waals surface area contributed by atoms with Crippen molar-refractivity contribution in [3.05, 3.63) is 45.8 Å². The molecule has 76 valence electrons. The molecule has 0 atom stereocenters. The van der Waals surface area contributed by atoms with Crippen LogP contribution in [0.5, 0.6) is 0 Å². The van der Waals surface area contributed by atoms with Crippen LogP contribution in [0, 0.1) is 0 Å². The highest BCUT2D eigenvalue weighted by Crippen LogP contribution is 2.39. The molecule has 1 saturated carbocycles. The van der Waals surface area contributed by atoms with Crippen molar-refractivity contribution in [1.82, 2.24) is 0 Å². The van der Waals surface area contributed by atoms with Gasteiger partial charge in [0, 0.05) is 10.5 Å². The van der Waals surface area contributed by atoms with E-state index in [0.717, 1.165) is 0 Å². The van der Waals surface area contributed by atoms with E-state index >= 15 is 0 Å². The van der Waals surface area contributed by atoms with E-state index in [1.165, 1.54) is 18.4 Å². The van der Waals surface area contributed by atoms with E-state index in [1.807, 2.05) is 12.1 Å². The highest BCUT2D eigenvalue weighted by Gasteiger charge is 2.23. The first-order valence-corrected chi connectivity index (χ1v) is 4.72. The van der Waals surface area contributed by atoms with E-state index in [1.54, 1.807) is 12.1 Å². The van der Waals surface area contributed by atoms with Crippen LogP contribution in [0.1, 0.15) is 29.9 Å². The molecule has 1 aromatic carbocycles. The Labute approximate surface area is 86.7 Å². The lowest BCUT2D eigenvalue weighted by atomic mass is 10.1. The van der Waals surface area contributed by atoms with Crippen LogP contribution in [0.15, 0.2) is 34.5 Å². The van der Waals surface area contributed by atoms with Gasteiger partial charge in [-0.2, -0.15) is 0 Å². The van der Waals surface area contributed by atoms with Gasteiger partial charge in [-0.15, -0.1) is 0 Å². The molecule has 1 aliphatic rings. The lowest BCUT2D eigenvalue weighted by Gasteiger charge is -2.00. The summed E-state index contributed by atoms with van der Waals surface area (Å²) in [6.45, 7) is 0. The van der Waals surface area contributed by atoms with E-state index in [4.69, 9.17) is 10.7 Å². The minimum absolute atomic E-state index is 0.000142. The van der Waals surface area contributed by atoms with Gasteiger partial charge in [-0.3, -0.25) is 0 Å². The van der Waals surface area contributed by atoms with Crippen LogP contribution in [0.2, 0.25) is 0 Å². The van der Waals surface area contributed by atoms with E-state index in [-0.39, 0.29) is 5.84 Å². The third-order valence-corrected chi connectivity index (χ3v) is 2.45. The summed E-state index contributed by atoms with van der Waals surface area (Å²) in [7, 11) is 0. The number of nitrogens with zero attached hydrogens (tertiary/aromatic N) is 4. The fourth-order valence-electron chi connectivity index (χ4n) is 1.50. The molecule has 0 radical (unpaired) electrons. The van der Waals surface area contributed by atoms with Crippen LogP contribution >= 0.6 is 0 Å². The van der Waals surface area contributed by atoms with Crippen molar-refractivity contribution in [2.24, 2.45) is 10.3 Å². The van der Waals surface area contributed by atoms with Gasteiger partial charge >= 0.3 is 0 Å². The number of amidine groups is 1. The number of hydrogen-bond acceptors (Lipinski definition) is 2. The second-order valence-corrected chi connectivity index (χ2v) is 3.51. The van der Waals surface area contributed by atoms with E-state index < -0.39 is 0 Å². The SMILES string of the molecule is [N-]=[N+]=N/C(=N/O)c1ccc(C2CC2)cc1. The first kappa shape index (κ1) is 9.55. The van der Waals surface area contributed by atoms with Crippen molar-refractivity contribution < 1.29 is 5.21 Å². The molecule has 1 fully saturated rings. The first-order chi connectivity index (χ1) is 7.35. The molecule has 5 nitrogen and oxygen atoms in total. The Kier molecular flexibility index (Phi) is 2.56. The van der Waals surface area contributed by atoms with Gasteiger partial charge in [0.1, 0.15) is 0 Å². The Morgan fingerprint density at radius 1 is 1.33 bits per heavy atom. The molecule has 15 heavy (non-hydrogen) atoms. The number of benzene rings is 1. The van der Waals surface area contributed by atoms with Crippen LogP contribution in [0.4, 0.5) is 0 Å². The molecule has 0 bridgehead atoms. The molecule has 0 amide bonds. The number of azide groups is 1. The van der Waals surface area contributed by atoms with Crippen LogP contribution in [0.3, 0.4) is 0 Å². The summed E-state index contributed by atoms with van der Waals surface area (Å²) in [6.07, 6.45) is 2.49. The number of oxime groups is 1. The standard InChI is InChI=1S/C10H10N4O/c11-14-12-10(13-15)9-5-3-8(4-6-9)7-1-2-7/h3-7,15H,1-2H2/b13-10+. The molecule has 0 aliphatic heterocycles. The molecule has 0 heterocycles. The smallest absolute Gasteiger partial charge is 0.173 e. The number of rotatable bonds is 2. The monoisotopic (exact) mass is 202 g/mol. The molecule has 5 heteroatoms. The third-order valence-electron chi connectivity index (χ3n) is 2.45. The Hall–Kier alpha value is -2.00.